The molecule has 0 spiro atoms. The molecule has 0 aliphatic carbocycles. The van der Waals surface area contributed by atoms with Crippen LogP contribution in [0.3, 0.4) is 0 Å². The Balaban J connectivity index is 2.02. The third-order valence-corrected chi connectivity index (χ3v) is 3.56. The molecule has 7 heteroatoms. The van der Waals surface area contributed by atoms with E-state index in [-0.39, 0.29) is 12.6 Å². The zero-order valence-electron chi connectivity index (χ0n) is 12.2. The average Bonchev–Trinajstić information content (AvgIpc) is 2.97. The van der Waals surface area contributed by atoms with E-state index in [1.165, 1.54) is 0 Å². The fourth-order valence-corrected chi connectivity index (χ4v) is 2.46. The number of carboxylic acid groups (broad SMARTS) is 1. The second-order valence-electron chi connectivity index (χ2n) is 5.72. The first kappa shape index (κ1) is 14.9. The Morgan fingerprint density at radius 3 is 3.00 bits per heavy atom. The van der Waals surface area contributed by atoms with Gasteiger partial charge in [-0.05, 0) is 13.0 Å². The van der Waals surface area contributed by atoms with E-state index < -0.39 is 11.9 Å². The monoisotopic (exact) mass is 282 g/mol. The maximum atomic E-state index is 11.2. The summed E-state index contributed by atoms with van der Waals surface area (Å²) in [6.45, 7) is 6.37. The zero-order valence-corrected chi connectivity index (χ0v) is 12.2. The summed E-state index contributed by atoms with van der Waals surface area (Å²) in [6.07, 6.45) is 1.55. The molecule has 1 N–H and O–H groups in total. The van der Waals surface area contributed by atoms with Crippen molar-refractivity contribution in [2.75, 3.05) is 20.3 Å². The first-order valence-electron chi connectivity index (χ1n) is 6.86. The first-order valence-corrected chi connectivity index (χ1v) is 6.86. The molecule has 2 unspecified atom stereocenters. The molecule has 1 aromatic rings. The molecule has 0 radical (unpaired) electrons. The van der Waals surface area contributed by atoms with Gasteiger partial charge in [-0.15, -0.1) is 0 Å². The Kier molecular flexibility index (Phi) is 4.72. The maximum absolute atomic E-state index is 11.2. The number of aliphatic carboxylic acids is 1. The molecule has 2 atom stereocenters. The average molecular weight is 282 g/mol. The van der Waals surface area contributed by atoms with Crippen LogP contribution in [0.2, 0.25) is 0 Å². The van der Waals surface area contributed by atoms with Crippen LogP contribution in [0.1, 0.15) is 19.7 Å². The molecule has 2 heterocycles. The van der Waals surface area contributed by atoms with Gasteiger partial charge < -0.3 is 9.84 Å². The van der Waals surface area contributed by atoms with Crippen molar-refractivity contribution in [1.82, 2.24) is 19.7 Å². The van der Waals surface area contributed by atoms with Crippen molar-refractivity contribution in [3.05, 3.63) is 12.2 Å². The smallest absolute Gasteiger partial charge is 0.310 e. The van der Waals surface area contributed by atoms with Crippen LogP contribution in [0.25, 0.3) is 0 Å². The van der Waals surface area contributed by atoms with Crippen LogP contribution in [0.15, 0.2) is 6.33 Å². The lowest BCUT2D eigenvalue weighted by Crippen LogP contribution is -2.40. The zero-order chi connectivity index (χ0) is 14.7. The number of ether oxygens (including phenoxy) is 1. The summed E-state index contributed by atoms with van der Waals surface area (Å²) < 4.78 is 7.18. The topological polar surface area (TPSA) is 80.5 Å². The lowest BCUT2D eigenvalue weighted by Gasteiger charge is -2.25. The normalized spacial score (nSPS) is 22.9. The maximum Gasteiger partial charge on any atom is 0.310 e. The van der Waals surface area contributed by atoms with Gasteiger partial charge in [0.25, 0.3) is 0 Å². The van der Waals surface area contributed by atoms with Gasteiger partial charge in [-0.2, -0.15) is 5.10 Å². The van der Waals surface area contributed by atoms with Gasteiger partial charge in [-0.3, -0.25) is 9.69 Å². The van der Waals surface area contributed by atoms with E-state index in [1.54, 1.807) is 6.33 Å². The summed E-state index contributed by atoms with van der Waals surface area (Å²) in [5.41, 5.74) is 0. The molecule has 2 rings (SSSR count). The number of rotatable bonds is 6. The van der Waals surface area contributed by atoms with Crippen molar-refractivity contribution >= 4 is 5.97 Å². The minimum Gasteiger partial charge on any atom is -0.481 e. The molecule has 1 saturated heterocycles. The second-order valence-corrected chi connectivity index (χ2v) is 5.72. The van der Waals surface area contributed by atoms with Gasteiger partial charge in [0.15, 0.2) is 0 Å². The summed E-state index contributed by atoms with van der Waals surface area (Å²) in [6, 6.07) is -0.114. The fraction of sp³-hybridized carbons (Fsp3) is 0.769. The summed E-state index contributed by atoms with van der Waals surface area (Å²) in [7, 11) is 1.91. The fourth-order valence-electron chi connectivity index (χ4n) is 2.46. The van der Waals surface area contributed by atoms with Crippen molar-refractivity contribution in [2.24, 2.45) is 11.8 Å². The van der Waals surface area contributed by atoms with Crippen molar-refractivity contribution in [3.8, 4) is 0 Å². The molecule has 20 heavy (non-hydrogen) atoms. The predicted molar refractivity (Wildman–Crippen MR) is 72.1 cm³/mol. The standard InChI is InChI=1S/C13H22N4O3/c1-9(2)4-17-12(14-8-15-17)5-16(3)11-7-20-6-10(11)13(18)19/h8-11H,4-7H2,1-3H3,(H,18,19). The molecule has 1 aliphatic rings. The van der Waals surface area contributed by atoms with E-state index in [4.69, 9.17) is 4.74 Å². The number of carboxylic acids is 1. The van der Waals surface area contributed by atoms with Crippen LogP contribution in [0.5, 0.6) is 0 Å². The molecule has 0 aromatic carbocycles. The molecule has 0 bridgehead atoms. The van der Waals surface area contributed by atoms with Crippen molar-refractivity contribution in [1.29, 1.82) is 0 Å². The van der Waals surface area contributed by atoms with Gasteiger partial charge in [0.05, 0.1) is 25.7 Å². The highest BCUT2D eigenvalue weighted by Gasteiger charge is 2.36. The lowest BCUT2D eigenvalue weighted by atomic mass is 10.0. The molecular weight excluding hydrogens is 260 g/mol. The van der Waals surface area contributed by atoms with Gasteiger partial charge in [0, 0.05) is 12.6 Å². The molecule has 1 aromatic heterocycles. The highest BCUT2D eigenvalue weighted by Crippen LogP contribution is 2.20. The van der Waals surface area contributed by atoms with Gasteiger partial charge in [0.2, 0.25) is 0 Å². The third kappa shape index (κ3) is 3.34. The Bertz CT molecular complexity index is 460. The number of aromatic nitrogens is 3. The Hall–Kier alpha value is -1.47. The van der Waals surface area contributed by atoms with E-state index in [0.717, 1.165) is 12.4 Å². The molecule has 1 aliphatic heterocycles. The van der Waals surface area contributed by atoms with Crippen molar-refractivity contribution in [2.45, 2.75) is 33.0 Å². The summed E-state index contributed by atoms with van der Waals surface area (Å²) in [5, 5.41) is 13.4. The Morgan fingerprint density at radius 2 is 2.35 bits per heavy atom. The van der Waals surface area contributed by atoms with E-state index >= 15 is 0 Å². The van der Waals surface area contributed by atoms with Gasteiger partial charge >= 0.3 is 5.97 Å². The van der Waals surface area contributed by atoms with Crippen LogP contribution in [-0.2, 0) is 22.6 Å². The highest BCUT2D eigenvalue weighted by atomic mass is 16.5. The van der Waals surface area contributed by atoms with Gasteiger partial charge in [-0.25, -0.2) is 9.67 Å². The number of nitrogens with zero attached hydrogens (tertiary/aromatic N) is 4. The largest absolute Gasteiger partial charge is 0.481 e. The van der Waals surface area contributed by atoms with Crippen LogP contribution in [0, 0.1) is 11.8 Å². The quantitative estimate of drug-likeness (QED) is 0.816. The molecule has 1 fully saturated rings. The van der Waals surface area contributed by atoms with E-state index in [2.05, 4.69) is 23.9 Å². The van der Waals surface area contributed by atoms with E-state index in [0.29, 0.717) is 19.1 Å². The summed E-state index contributed by atoms with van der Waals surface area (Å²) in [5.74, 6) is 0.0732. The molecule has 0 amide bonds. The molecule has 7 nitrogen and oxygen atoms in total. The number of hydrogen-bond donors (Lipinski definition) is 1. The second kappa shape index (κ2) is 6.32. The highest BCUT2D eigenvalue weighted by molar-refractivity contribution is 5.71. The minimum atomic E-state index is -0.803. The van der Waals surface area contributed by atoms with Crippen LogP contribution in [-0.4, -0.2) is 57.0 Å². The first-order chi connectivity index (χ1) is 9.49. The van der Waals surface area contributed by atoms with Crippen molar-refractivity contribution < 1.29 is 14.6 Å². The molecule has 0 saturated carbocycles. The van der Waals surface area contributed by atoms with Crippen LogP contribution >= 0.6 is 0 Å². The van der Waals surface area contributed by atoms with E-state index in [9.17, 15) is 9.90 Å². The lowest BCUT2D eigenvalue weighted by molar-refractivity contribution is -0.143. The molecule has 112 valence electrons. The van der Waals surface area contributed by atoms with Gasteiger partial charge in [-0.1, -0.05) is 13.8 Å². The SMILES string of the molecule is CC(C)Cn1ncnc1CN(C)C1COCC1C(=O)O. The van der Waals surface area contributed by atoms with Crippen LogP contribution in [0.4, 0.5) is 0 Å². The summed E-state index contributed by atoms with van der Waals surface area (Å²) in [4.78, 5) is 17.5. The Labute approximate surface area is 118 Å². The predicted octanol–water partition coefficient (Wildman–Crippen LogP) is 0.466. The van der Waals surface area contributed by atoms with Crippen LogP contribution < -0.4 is 0 Å². The minimum absolute atomic E-state index is 0.114. The number of hydrogen-bond acceptors (Lipinski definition) is 5. The summed E-state index contributed by atoms with van der Waals surface area (Å²) >= 11 is 0. The van der Waals surface area contributed by atoms with Gasteiger partial charge in [0.1, 0.15) is 12.2 Å². The van der Waals surface area contributed by atoms with E-state index in [1.807, 2.05) is 16.6 Å². The molecular formula is C13H22N4O3. The number of carbonyl (C=O) groups is 1. The van der Waals surface area contributed by atoms with Crippen molar-refractivity contribution in [3.63, 3.8) is 0 Å². The number of likely N-dealkylation sites (N-methyl/N-ethyl adjacent to an activating group) is 1. The third-order valence-electron chi connectivity index (χ3n) is 3.56. The Morgan fingerprint density at radius 1 is 1.60 bits per heavy atom.